The van der Waals surface area contributed by atoms with E-state index in [1.165, 1.54) is 0 Å². The number of nitrogens with zero attached hydrogens (tertiary/aromatic N) is 2. The van der Waals surface area contributed by atoms with Gasteiger partial charge < -0.3 is 14.7 Å². The van der Waals surface area contributed by atoms with E-state index in [1.807, 2.05) is 0 Å². The minimum atomic E-state index is -0.247. The van der Waals surface area contributed by atoms with Crippen molar-refractivity contribution in [2.24, 2.45) is 0 Å². The molecule has 1 N–H and O–H groups in total. The van der Waals surface area contributed by atoms with Crippen molar-refractivity contribution in [3.05, 3.63) is 11.8 Å². The maximum absolute atomic E-state index is 11.5. The Morgan fingerprint density at radius 3 is 3.06 bits per heavy atom. The summed E-state index contributed by atoms with van der Waals surface area (Å²) in [5, 5.41) is 6.21. The SMILES string of the molecule is Cc1cc(NC(=O)CN2CCCC2=O)no1. The molecule has 1 aliphatic heterocycles. The van der Waals surface area contributed by atoms with Crippen LogP contribution < -0.4 is 5.32 Å². The molecule has 86 valence electrons. The molecule has 0 bridgehead atoms. The van der Waals surface area contributed by atoms with Gasteiger partial charge in [-0.3, -0.25) is 9.59 Å². The first-order valence-corrected chi connectivity index (χ1v) is 5.16. The van der Waals surface area contributed by atoms with Crippen molar-refractivity contribution in [1.82, 2.24) is 10.1 Å². The van der Waals surface area contributed by atoms with Crippen LogP contribution in [-0.4, -0.2) is 35.0 Å². The van der Waals surface area contributed by atoms with Gasteiger partial charge in [-0.2, -0.15) is 0 Å². The van der Waals surface area contributed by atoms with Crippen LogP contribution in [0.25, 0.3) is 0 Å². The summed E-state index contributed by atoms with van der Waals surface area (Å²) in [5.74, 6) is 0.803. The fourth-order valence-corrected chi connectivity index (χ4v) is 1.65. The Morgan fingerprint density at radius 1 is 1.69 bits per heavy atom. The quantitative estimate of drug-likeness (QED) is 0.811. The lowest BCUT2D eigenvalue weighted by Crippen LogP contribution is -2.34. The first kappa shape index (κ1) is 10.7. The number of carbonyl (C=O) groups excluding carboxylic acids is 2. The molecule has 1 aromatic heterocycles. The van der Waals surface area contributed by atoms with Crippen molar-refractivity contribution in [3.63, 3.8) is 0 Å². The third-order valence-electron chi connectivity index (χ3n) is 2.40. The van der Waals surface area contributed by atoms with E-state index in [0.717, 1.165) is 6.42 Å². The van der Waals surface area contributed by atoms with Crippen molar-refractivity contribution in [2.45, 2.75) is 19.8 Å². The number of rotatable bonds is 3. The van der Waals surface area contributed by atoms with Gasteiger partial charge in [-0.1, -0.05) is 5.16 Å². The molecular formula is C10H13N3O3. The molecule has 0 saturated carbocycles. The maximum atomic E-state index is 11.5. The Hall–Kier alpha value is -1.85. The highest BCUT2D eigenvalue weighted by atomic mass is 16.5. The fraction of sp³-hybridized carbons (Fsp3) is 0.500. The largest absolute Gasteiger partial charge is 0.360 e. The highest BCUT2D eigenvalue weighted by Gasteiger charge is 2.22. The maximum Gasteiger partial charge on any atom is 0.245 e. The number of likely N-dealkylation sites (tertiary alicyclic amines) is 1. The molecule has 1 fully saturated rings. The molecule has 2 rings (SSSR count). The van der Waals surface area contributed by atoms with Crippen molar-refractivity contribution in [1.29, 1.82) is 0 Å². The Balaban J connectivity index is 1.86. The average Bonchev–Trinajstić information content (AvgIpc) is 2.77. The monoisotopic (exact) mass is 223 g/mol. The molecular weight excluding hydrogens is 210 g/mol. The summed E-state index contributed by atoms with van der Waals surface area (Å²) < 4.78 is 4.81. The number of aryl methyl sites for hydroxylation is 1. The lowest BCUT2D eigenvalue weighted by molar-refractivity contribution is -0.131. The Morgan fingerprint density at radius 2 is 2.50 bits per heavy atom. The van der Waals surface area contributed by atoms with Gasteiger partial charge in [-0.05, 0) is 13.3 Å². The molecule has 1 aromatic rings. The molecule has 2 heterocycles. The molecule has 2 amide bonds. The fourth-order valence-electron chi connectivity index (χ4n) is 1.65. The summed E-state index contributed by atoms with van der Waals surface area (Å²) in [6.07, 6.45) is 1.37. The Kier molecular flexibility index (Phi) is 2.89. The van der Waals surface area contributed by atoms with Gasteiger partial charge in [0, 0.05) is 19.0 Å². The molecule has 0 aromatic carbocycles. The van der Waals surface area contributed by atoms with Crippen molar-refractivity contribution < 1.29 is 14.1 Å². The number of hydrogen-bond donors (Lipinski definition) is 1. The van der Waals surface area contributed by atoms with E-state index in [2.05, 4.69) is 10.5 Å². The van der Waals surface area contributed by atoms with Gasteiger partial charge in [0.05, 0.1) is 6.54 Å². The zero-order valence-corrected chi connectivity index (χ0v) is 9.02. The summed E-state index contributed by atoms with van der Waals surface area (Å²) in [6, 6.07) is 1.63. The Bertz CT molecular complexity index is 413. The molecule has 6 nitrogen and oxygen atoms in total. The van der Waals surface area contributed by atoms with Gasteiger partial charge >= 0.3 is 0 Å². The van der Waals surface area contributed by atoms with E-state index in [1.54, 1.807) is 17.9 Å². The van der Waals surface area contributed by atoms with Crippen LogP contribution >= 0.6 is 0 Å². The second-order valence-corrected chi connectivity index (χ2v) is 3.79. The van der Waals surface area contributed by atoms with Gasteiger partial charge in [0.15, 0.2) is 5.82 Å². The highest BCUT2D eigenvalue weighted by molar-refractivity contribution is 5.94. The summed E-state index contributed by atoms with van der Waals surface area (Å²) in [7, 11) is 0. The average molecular weight is 223 g/mol. The third-order valence-corrected chi connectivity index (χ3v) is 2.40. The number of carbonyl (C=O) groups is 2. The molecule has 1 saturated heterocycles. The number of hydrogen-bond acceptors (Lipinski definition) is 4. The molecule has 0 spiro atoms. The zero-order chi connectivity index (χ0) is 11.5. The third kappa shape index (κ3) is 2.39. The number of amides is 2. The first-order valence-electron chi connectivity index (χ1n) is 5.16. The lowest BCUT2D eigenvalue weighted by Gasteiger charge is -2.13. The van der Waals surface area contributed by atoms with Crippen molar-refractivity contribution >= 4 is 17.6 Å². The number of aromatic nitrogens is 1. The molecule has 1 aliphatic rings. The van der Waals surface area contributed by atoms with Crippen LogP contribution in [0.1, 0.15) is 18.6 Å². The van der Waals surface area contributed by atoms with Gasteiger partial charge in [0.1, 0.15) is 5.76 Å². The van der Waals surface area contributed by atoms with E-state index >= 15 is 0 Å². The Labute approximate surface area is 92.6 Å². The van der Waals surface area contributed by atoms with Crippen LogP contribution in [0.3, 0.4) is 0 Å². The van der Waals surface area contributed by atoms with Crippen LogP contribution in [0.5, 0.6) is 0 Å². The van der Waals surface area contributed by atoms with Gasteiger partial charge in [0.25, 0.3) is 0 Å². The van der Waals surface area contributed by atoms with E-state index in [4.69, 9.17) is 4.52 Å². The minimum Gasteiger partial charge on any atom is -0.360 e. The summed E-state index contributed by atoms with van der Waals surface area (Å²) in [6.45, 7) is 2.49. The predicted molar refractivity (Wildman–Crippen MR) is 55.7 cm³/mol. The summed E-state index contributed by atoms with van der Waals surface area (Å²) >= 11 is 0. The molecule has 0 radical (unpaired) electrons. The highest BCUT2D eigenvalue weighted by Crippen LogP contribution is 2.10. The standard InChI is InChI=1S/C10H13N3O3/c1-7-5-8(12-16-7)11-9(14)6-13-4-2-3-10(13)15/h5H,2-4,6H2,1H3,(H,11,12,14). The van der Waals surface area contributed by atoms with E-state index in [0.29, 0.717) is 24.5 Å². The zero-order valence-electron chi connectivity index (χ0n) is 9.02. The molecule has 0 unspecified atom stereocenters. The van der Waals surface area contributed by atoms with Crippen LogP contribution in [0.2, 0.25) is 0 Å². The van der Waals surface area contributed by atoms with Crippen molar-refractivity contribution in [2.75, 3.05) is 18.4 Å². The topological polar surface area (TPSA) is 75.4 Å². The predicted octanol–water partition coefficient (Wildman–Crippen LogP) is 0.544. The van der Waals surface area contributed by atoms with Gasteiger partial charge in [-0.15, -0.1) is 0 Å². The van der Waals surface area contributed by atoms with E-state index in [9.17, 15) is 9.59 Å². The normalized spacial score (nSPS) is 15.6. The van der Waals surface area contributed by atoms with Crippen LogP contribution in [-0.2, 0) is 9.59 Å². The van der Waals surface area contributed by atoms with Gasteiger partial charge in [0.2, 0.25) is 11.8 Å². The first-order chi connectivity index (χ1) is 7.65. The minimum absolute atomic E-state index is 0.0338. The van der Waals surface area contributed by atoms with Crippen LogP contribution in [0.15, 0.2) is 10.6 Å². The van der Waals surface area contributed by atoms with Crippen LogP contribution in [0, 0.1) is 6.92 Å². The second-order valence-electron chi connectivity index (χ2n) is 3.79. The van der Waals surface area contributed by atoms with Crippen molar-refractivity contribution in [3.8, 4) is 0 Å². The van der Waals surface area contributed by atoms with Gasteiger partial charge in [-0.25, -0.2) is 0 Å². The summed E-state index contributed by atoms with van der Waals surface area (Å²) in [4.78, 5) is 24.4. The molecule has 0 aliphatic carbocycles. The molecule has 0 atom stereocenters. The summed E-state index contributed by atoms with van der Waals surface area (Å²) in [5.41, 5.74) is 0. The molecule has 6 heteroatoms. The van der Waals surface area contributed by atoms with Crippen LogP contribution in [0.4, 0.5) is 5.82 Å². The number of nitrogens with one attached hydrogen (secondary N) is 1. The smallest absolute Gasteiger partial charge is 0.245 e. The molecule has 16 heavy (non-hydrogen) atoms. The lowest BCUT2D eigenvalue weighted by atomic mass is 10.4. The number of anilines is 1. The van der Waals surface area contributed by atoms with E-state index < -0.39 is 0 Å². The van der Waals surface area contributed by atoms with E-state index in [-0.39, 0.29) is 18.4 Å². The second kappa shape index (κ2) is 4.34.